The summed E-state index contributed by atoms with van der Waals surface area (Å²) in [6.45, 7) is 7.12. The van der Waals surface area contributed by atoms with Crippen LogP contribution in [0.15, 0.2) is 22.7 Å². The predicted molar refractivity (Wildman–Crippen MR) is 68.3 cm³/mol. The molecule has 0 saturated heterocycles. The van der Waals surface area contributed by atoms with Gasteiger partial charge in [-0.2, -0.15) is 0 Å². The molecule has 1 N–H and O–H groups in total. The van der Waals surface area contributed by atoms with Crippen molar-refractivity contribution >= 4 is 21.6 Å². The van der Waals surface area contributed by atoms with Gasteiger partial charge in [-0.05, 0) is 39.0 Å². The van der Waals surface area contributed by atoms with Gasteiger partial charge in [-0.3, -0.25) is 0 Å². The summed E-state index contributed by atoms with van der Waals surface area (Å²) in [6, 6.07) is 4.82. The van der Waals surface area contributed by atoms with Gasteiger partial charge in [0, 0.05) is 11.0 Å². The molecule has 0 spiro atoms. The molecule has 0 aliphatic heterocycles. The minimum Gasteiger partial charge on any atom is -0.380 e. The lowest BCUT2D eigenvalue weighted by Crippen LogP contribution is -2.23. The van der Waals surface area contributed by atoms with Crippen LogP contribution in [0.3, 0.4) is 0 Å². The van der Waals surface area contributed by atoms with Gasteiger partial charge in [-0.1, -0.05) is 15.9 Å². The molecule has 4 heteroatoms. The molecule has 0 aliphatic carbocycles. The van der Waals surface area contributed by atoms with E-state index in [0.717, 1.165) is 4.47 Å². The van der Waals surface area contributed by atoms with Gasteiger partial charge in [0.15, 0.2) is 0 Å². The summed E-state index contributed by atoms with van der Waals surface area (Å²) in [5.74, 6) is -0.251. The van der Waals surface area contributed by atoms with Crippen LogP contribution >= 0.6 is 15.9 Å². The first-order valence-corrected chi connectivity index (χ1v) is 6.01. The number of hydrogen-bond donors (Lipinski definition) is 1. The van der Waals surface area contributed by atoms with Crippen molar-refractivity contribution in [1.82, 2.24) is 0 Å². The highest BCUT2D eigenvalue weighted by Gasteiger charge is 2.09. The molecule has 90 valence electrons. The van der Waals surface area contributed by atoms with Gasteiger partial charge in [0.25, 0.3) is 0 Å². The molecule has 2 nitrogen and oxygen atoms in total. The minimum atomic E-state index is -0.251. The van der Waals surface area contributed by atoms with Crippen molar-refractivity contribution in [3.63, 3.8) is 0 Å². The van der Waals surface area contributed by atoms with Crippen LogP contribution in [0.25, 0.3) is 0 Å². The lowest BCUT2D eigenvalue weighted by Gasteiger charge is -2.19. The maximum Gasteiger partial charge on any atom is 0.146 e. The Hall–Kier alpha value is -0.610. The fourth-order valence-electron chi connectivity index (χ4n) is 1.18. The number of nitrogens with one attached hydrogen (secondary N) is 1. The second kappa shape index (κ2) is 5.64. The Balaban J connectivity index is 2.40. The summed E-state index contributed by atoms with van der Waals surface area (Å²) in [7, 11) is 0. The Morgan fingerprint density at radius 3 is 2.69 bits per heavy atom. The molecule has 0 atom stereocenters. The zero-order valence-electron chi connectivity index (χ0n) is 9.81. The van der Waals surface area contributed by atoms with Gasteiger partial charge in [0.05, 0.1) is 17.9 Å². The standard InChI is InChI=1S/C12H17BrFNO/c1-12(2,3)16-7-6-15-11-8-9(13)4-5-10(11)14/h4-5,8,15H,6-7H2,1-3H3. The second-order valence-corrected chi connectivity index (χ2v) is 5.43. The molecule has 1 aromatic carbocycles. The van der Waals surface area contributed by atoms with Gasteiger partial charge in [0.2, 0.25) is 0 Å². The van der Waals surface area contributed by atoms with E-state index in [4.69, 9.17) is 4.74 Å². The topological polar surface area (TPSA) is 21.3 Å². The fraction of sp³-hybridized carbons (Fsp3) is 0.500. The third-order valence-electron chi connectivity index (χ3n) is 1.88. The zero-order valence-corrected chi connectivity index (χ0v) is 11.4. The van der Waals surface area contributed by atoms with Crippen LogP contribution in [0.1, 0.15) is 20.8 Å². The third kappa shape index (κ3) is 4.94. The maximum absolute atomic E-state index is 13.3. The van der Waals surface area contributed by atoms with Crippen molar-refractivity contribution < 1.29 is 9.13 Å². The summed E-state index contributed by atoms with van der Waals surface area (Å²) in [5.41, 5.74) is 0.337. The van der Waals surface area contributed by atoms with Crippen LogP contribution in [0.5, 0.6) is 0 Å². The number of ether oxygens (including phenoxy) is 1. The van der Waals surface area contributed by atoms with Gasteiger partial charge >= 0.3 is 0 Å². The van der Waals surface area contributed by atoms with E-state index < -0.39 is 0 Å². The fourth-order valence-corrected chi connectivity index (χ4v) is 1.54. The number of anilines is 1. The molecule has 1 rings (SSSR count). The SMILES string of the molecule is CC(C)(C)OCCNc1cc(Br)ccc1F. The molecule has 1 aromatic rings. The summed E-state index contributed by atoms with van der Waals surface area (Å²) < 4.78 is 19.7. The first-order valence-electron chi connectivity index (χ1n) is 5.21. The number of rotatable bonds is 4. The van der Waals surface area contributed by atoms with Crippen molar-refractivity contribution in [2.45, 2.75) is 26.4 Å². The summed E-state index contributed by atoms with van der Waals surface area (Å²) in [5, 5.41) is 3.00. The Labute approximate surface area is 104 Å². The summed E-state index contributed by atoms with van der Waals surface area (Å²) >= 11 is 3.30. The van der Waals surface area contributed by atoms with Crippen LogP contribution < -0.4 is 5.32 Å². The molecular weight excluding hydrogens is 273 g/mol. The van der Waals surface area contributed by atoms with Crippen molar-refractivity contribution in [3.8, 4) is 0 Å². The van der Waals surface area contributed by atoms with Crippen LogP contribution in [0.4, 0.5) is 10.1 Å². The Morgan fingerprint density at radius 2 is 2.06 bits per heavy atom. The third-order valence-corrected chi connectivity index (χ3v) is 2.37. The highest BCUT2D eigenvalue weighted by Crippen LogP contribution is 2.19. The van der Waals surface area contributed by atoms with Crippen molar-refractivity contribution in [3.05, 3.63) is 28.5 Å². The average molecular weight is 290 g/mol. The van der Waals surface area contributed by atoms with Crippen LogP contribution in [0.2, 0.25) is 0 Å². The monoisotopic (exact) mass is 289 g/mol. The highest BCUT2D eigenvalue weighted by atomic mass is 79.9. The zero-order chi connectivity index (χ0) is 12.2. The molecule has 0 saturated carbocycles. The van der Waals surface area contributed by atoms with Gasteiger partial charge < -0.3 is 10.1 Å². The number of benzene rings is 1. The quantitative estimate of drug-likeness (QED) is 0.851. The summed E-state index contributed by atoms with van der Waals surface area (Å²) in [4.78, 5) is 0. The molecule has 0 unspecified atom stereocenters. The van der Waals surface area contributed by atoms with Crippen LogP contribution in [-0.4, -0.2) is 18.8 Å². The maximum atomic E-state index is 13.3. The summed E-state index contributed by atoms with van der Waals surface area (Å²) in [6.07, 6.45) is 0. The van der Waals surface area contributed by atoms with E-state index in [1.165, 1.54) is 6.07 Å². The molecule has 0 bridgehead atoms. The first-order chi connectivity index (χ1) is 7.38. The normalized spacial score (nSPS) is 11.6. The van der Waals surface area contributed by atoms with E-state index in [1.54, 1.807) is 12.1 Å². The van der Waals surface area contributed by atoms with E-state index in [1.807, 2.05) is 20.8 Å². The smallest absolute Gasteiger partial charge is 0.146 e. The molecule has 0 heterocycles. The lowest BCUT2D eigenvalue weighted by atomic mass is 10.2. The van der Waals surface area contributed by atoms with Crippen molar-refractivity contribution in [2.75, 3.05) is 18.5 Å². The van der Waals surface area contributed by atoms with E-state index in [9.17, 15) is 4.39 Å². The Morgan fingerprint density at radius 1 is 1.38 bits per heavy atom. The average Bonchev–Trinajstić information content (AvgIpc) is 2.16. The van der Waals surface area contributed by atoms with Crippen molar-refractivity contribution in [2.24, 2.45) is 0 Å². The molecule has 16 heavy (non-hydrogen) atoms. The van der Waals surface area contributed by atoms with E-state index in [-0.39, 0.29) is 11.4 Å². The van der Waals surface area contributed by atoms with Gasteiger partial charge in [-0.25, -0.2) is 4.39 Å². The van der Waals surface area contributed by atoms with E-state index in [2.05, 4.69) is 21.2 Å². The number of hydrogen-bond acceptors (Lipinski definition) is 2. The largest absolute Gasteiger partial charge is 0.380 e. The predicted octanol–water partition coefficient (Wildman–Crippen LogP) is 3.82. The lowest BCUT2D eigenvalue weighted by molar-refractivity contribution is 0.00332. The van der Waals surface area contributed by atoms with Crippen LogP contribution in [0, 0.1) is 5.82 Å². The molecule has 0 aliphatic rings. The van der Waals surface area contributed by atoms with Crippen molar-refractivity contribution in [1.29, 1.82) is 0 Å². The van der Waals surface area contributed by atoms with Gasteiger partial charge in [0.1, 0.15) is 5.82 Å². The Kier molecular flexibility index (Phi) is 4.74. The Bertz CT molecular complexity index is 349. The molecule has 0 fully saturated rings. The first kappa shape index (κ1) is 13.5. The van der Waals surface area contributed by atoms with E-state index in [0.29, 0.717) is 18.8 Å². The molecule has 0 aromatic heterocycles. The molecule has 0 amide bonds. The molecule has 0 radical (unpaired) electrons. The molecular formula is C12H17BrFNO. The highest BCUT2D eigenvalue weighted by molar-refractivity contribution is 9.10. The number of halogens is 2. The van der Waals surface area contributed by atoms with Gasteiger partial charge in [-0.15, -0.1) is 0 Å². The van der Waals surface area contributed by atoms with Crippen LogP contribution in [-0.2, 0) is 4.74 Å². The minimum absolute atomic E-state index is 0.155. The second-order valence-electron chi connectivity index (χ2n) is 4.51. The van der Waals surface area contributed by atoms with E-state index >= 15 is 0 Å².